The lowest BCUT2D eigenvalue weighted by atomic mass is 9.98. The highest BCUT2D eigenvalue weighted by molar-refractivity contribution is 5.79. The van der Waals surface area contributed by atoms with Gasteiger partial charge in [0.25, 0.3) is 0 Å². The number of hydrogen-bond acceptors (Lipinski definition) is 8. The highest BCUT2D eigenvalue weighted by Crippen LogP contribution is 2.32. The van der Waals surface area contributed by atoms with Gasteiger partial charge in [0.2, 0.25) is 11.8 Å². The predicted molar refractivity (Wildman–Crippen MR) is 241 cm³/mol. The topological polar surface area (TPSA) is 109 Å². The van der Waals surface area contributed by atoms with Crippen LogP contribution in [0.3, 0.4) is 0 Å². The largest absolute Gasteiger partial charge is 0.377 e. The number of pyridine rings is 2. The van der Waals surface area contributed by atoms with Crippen LogP contribution in [0.5, 0.6) is 0 Å². The fourth-order valence-electron chi connectivity index (χ4n) is 8.52. The maximum Gasteiger partial charge on any atom is 0.226 e. The first-order valence-electron chi connectivity index (χ1n) is 21.4. The number of anilines is 2. The normalized spacial score (nSPS) is 17.7. The Morgan fingerprint density at radius 3 is 2.06 bits per heavy atom. The first kappa shape index (κ1) is 42.3. The average Bonchev–Trinajstić information content (AvgIpc) is 3.29. The fourth-order valence-corrected chi connectivity index (χ4v) is 8.52. The zero-order valence-electron chi connectivity index (χ0n) is 35.3. The molecule has 1 unspecified atom stereocenters. The van der Waals surface area contributed by atoms with Crippen molar-refractivity contribution in [3.8, 4) is 22.3 Å². The highest BCUT2D eigenvalue weighted by atomic mass is 19.1. The SMILES string of the molecule is Cc1cc(CC(=O)NCc2cccc(F)c2)ncc1-c1ccc(N2CCOC[C@@H]2CC2COC[C@H](C)N2c2ccc(-c3ccc(CC(=O)NCc4ccccc4)nc3)cc2)cc1. The Labute approximate surface area is 363 Å². The van der Waals surface area contributed by atoms with Crippen LogP contribution < -0.4 is 20.4 Å². The minimum Gasteiger partial charge on any atom is -0.377 e. The van der Waals surface area contributed by atoms with Crippen molar-refractivity contribution in [3.63, 3.8) is 0 Å². The zero-order valence-corrected chi connectivity index (χ0v) is 35.3. The first-order chi connectivity index (χ1) is 30.3. The maximum atomic E-state index is 13.5. The molecule has 2 saturated heterocycles. The van der Waals surface area contributed by atoms with Gasteiger partial charge < -0.3 is 29.9 Å². The predicted octanol–water partition coefficient (Wildman–Crippen LogP) is 7.87. The van der Waals surface area contributed by atoms with Gasteiger partial charge in [-0.05, 0) is 96.6 Å². The summed E-state index contributed by atoms with van der Waals surface area (Å²) in [5, 5.41) is 5.84. The molecule has 0 aliphatic carbocycles. The lowest BCUT2D eigenvalue weighted by Crippen LogP contribution is -2.56. The van der Waals surface area contributed by atoms with Crippen LogP contribution in [0.15, 0.2) is 134 Å². The molecule has 2 amide bonds. The van der Waals surface area contributed by atoms with Gasteiger partial charge in [-0.1, -0.05) is 72.8 Å². The van der Waals surface area contributed by atoms with Gasteiger partial charge in [0, 0.05) is 72.0 Å². The summed E-state index contributed by atoms with van der Waals surface area (Å²) in [6.45, 7) is 8.42. The number of carbonyl (C=O) groups excluding carboxylic acids is 2. The average molecular weight is 833 g/mol. The third-order valence-corrected chi connectivity index (χ3v) is 11.7. The third kappa shape index (κ3) is 10.7. The van der Waals surface area contributed by atoms with E-state index in [2.05, 4.69) is 85.9 Å². The van der Waals surface area contributed by atoms with Crippen molar-refractivity contribution in [1.29, 1.82) is 0 Å². The smallest absolute Gasteiger partial charge is 0.226 e. The second-order valence-corrected chi connectivity index (χ2v) is 16.3. The summed E-state index contributed by atoms with van der Waals surface area (Å²) in [5.41, 5.74) is 10.7. The molecule has 4 aromatic carbocycles. The number of aryl methyl sites for hydroxylation is 1. The van der Waals surface area contributed by atoms with Gasteiger partial charge >= 0.3 is 0 Å². The molecule has 2 aromatic heterocycles. The number of morpholine rings is 2. The zero-order chi connectivity index (χ0) is 42.8. The van der Waals surface area contributed by atoms with E-state index in [0.717, 1.165) is 63.4 Å². The molecule has 318 valence electrons. The number of aromatic nitrogens is 2. The van der Waals surface area contributed by atoms with Gasteiger partial charge in [-0.3, -0.25) is 19.6 Å². The number of amides is 2. The molecule has 0 saturated carbocycles. The number of carbonyl (C=O) groups is 2. The summed E-state index contributed by atoms with van der Waals surface area (Å²) in [5.74, 6) is -0.540. The van der Waals surface area contributed by atoms with E-state index >= 15 is 0 Å². The summed E-state index contributed by atoms with van der Waals surface area (Å²) < 4.78 is 25.8. The lowest BCUT2D eigenvalue weighted by molar-refractivity contribution is -0.121. The van der Waals surface area contributed by atoms with E-state index in [1.165, 1.54) is 12.1 Å². The quantitative estimate of drug-likeness (QED) is 0.114. The Balaban J connectivity index is 0.880. The van der Waals surface area contributed by atoms with Crippen LogP contribution in [0.4, 0.5) is 15.8 Å². The lowest BCUT2D eigenvalue weighted by Gasteiger charge is -2.46. The van der Waals surface area contributed by atoms with E-state index in [0.29, 0.717) is 44.2 Å². The molecule has 2 fully saturated rings. The Morgan fingerprint density at radius 1 is 0.677 bits per heavy atom. The minimum absolute atomic E-state index is 0.0537. The van der Waals surface area contributed by atoms with Crippen LogP contribution in [0.1, 0.15) is 41.4 Å². The Morgan fingerprint density at radius 2 is 1.34 bits per heavy atom. The third-order valence-electron chi connectivity index (χ3n) is 11.7. The minimum atomic E-state index is -0.323. The standard InChI is InChI=1S/C51H53FN6O4/c1-35-23-44(26-51(60)56-29-38-9-6-10-42(52)24-38)54-31-49(35)40-14-17-45(18-15-40)57-21-22-61-33-47(57)27-48-34-62-32-36(2)58(48)46-19-12-39(13-20-46)41-11-16-43(53-30-41)25-50(59)55-28-37-7-4-3-5-8-37/h3-20,23-24,30-31,36,47-48H,21-22,25-29,32-34H2,1-2H3,(H,55,59)(H,56,60)/t36-,47-,48?/m0/s1. The van der Waals surface area contributed by atoms with Crippen molar-refractivity contribution in [3.05, 3.63) is 168 Å². The van der Waals surface area contributed by atoms with Gasteiger partial charge in [0.15, 0.2) is 0 Å². The van der Waals surface area contributed by atoms with Crippen molar-refractivity contribution < 1.29 is 23.5 Å². The van der Waals surface area contributed by atoms with Crippen molar-refractivity contribution in [1.82, 2.24) is 20.6 Å². The Hall–Kier alpha value is -6.43. The number of nitrogens with one attached hydrogen (secondary N) is 2. The van der Waals surface area contributed by atoms with E-state index in [9.17, 15) is 14.0 Å². The van der Waals surface area contributed by atoms with Gasteiger partial charge in [-0.15, -0.1) is 0 Å². The summed E-state index contributed by atoms with van der Waals surface area (Å²) in [6, 6.07) is 39.9. The molecule has 8 rings (SSSR count). The molecule has 2 N–H and O–H groups in total. The summed E-state index contributed by atoms with van der Waals surface area (Å²) >= 11 is 0. The monoisotopic (exact) mass is 832 g/mol. The summed E-state index contributed by atoms with van der Waals surface area (Å²) in [7, 11) is 0. The van der Waals surface area contributed by atoms with Gasteiger partial charge in [-0.25, -0.2) is 4.39 Å². The van der Waals surface area contributed by atoms with Gasteiger partial charge in [0.1, 0.15) is 5.82 Å². The van der Waals surface area contributed by atoms with Crippen LogP contribution in [0.2, 0.25) is 0 Å². The van der Waals surface area contributed by atoms with Crippen LogP contribution in [0, 0.1) is 12.7 Å². The van der Waals surface area contributed by atoms with E-state index in [-0.39, 0.29) is 55.1 Å². The second kappa shape index (κ2) is 20.0. The van der Waals surface area contributed by atoms with Crippen molar-refractivity contribution in [2.45, 2.75) is 64.3 Å². The second-order valence-electron chi connectivity index (χ2n) is 16.3. The Kier molecular flexibility index (Phi) is 13.6. The van der Waals surface area contributed by atoms with Gasteiger partial charge in [0.05, 0.1) is 51.4 Å². The number of hydrogen-bond donors (Lipinski definition) is 2. The number of nitrogens with zero attached hydrogens (tertiary/aromatic N) is 4. The summed E-state index contributed by atoms with van der Waals surface area (Å²) in [4.78, 5) is 39.4. The number of benzene rings is 4. The molecule has 0 spiro atoms. The van der Waals surface area contributed by atoms with Crippen LogP contribution in [0.25, 0.3) is 22.3 Å². The molecule has 10 nitrogen and oxygen atoms in total. The molecule has 62 heavy (non-hydrogen) atoms. The molecule has 6 aromatic rings. The maximum absolute atomic E-state index is 13.5. The van der Waals surface area contributed by atoms with Crippen LogP contribution in [-0.2, 0) is 45.0 Å². The van der Waals surface area contributed by atoms with E-state index in [1.54, 1.807) is 12.1 Å². The molecule has 0 bridgehead atoms. The molecule has 3 atom stereocenters. The van der Waals surface area contributed by atoms with Crippen molar-refractivity contribution in [2.75, 3.05) is 42.8 Å². The Bertz CT molecular complexity index is 2430. The summed E-state index contributed by atoms with van der Waals surface area (Å²) in [6.07, 6.45) is 4.93. The van der Waals surface area contributed by atoms with Crippen LogP contribution >= 0.6 is 0 Å². The van der Waals surface area contributed by atoms with E-state index in [1.807, 2.05) is 67.8 Å². The van der Waals surface area contributed by atoms with Crippen molar-refractivity contribution in [2.24, 2.45) is 0 Å². The molecule has 2 aliphatic rings. The fraction of sp³-hybridized carbons (Fsp3) is 0.294. The highest BCUT2D eigenvalue weighted by Gasteiger charge is 2.34. The first-order valence-corrected chi connectivity index (χ1v) is 21.4. The van der Waals surface area contributed by atoms with E-state index in [4.69, 9.17) is 9.47 Å². The number of ether oxygens (including phenoxy) is 2. The van der Waals surface area contributed by atoms with Crippen LogP contribution in [-0.4, -0.2) is 72.9 Å². The van der Waals surface area contributed by atoms with Gasteiger partial charge in [-0.2, -0.15) is 0 Å². The van der Waals surface area contributed by atoms with Crippen molar-refractivity contribution >= 4 is 23.2 Å². The molecular formula is C51H53FN6O4. The molecule has 4 heterocycles. The molecule has 0 radical (unpaired) electrons. The molecule has 11 heteroatoms. The number of halogens is 1. The number of rotatable bonds is 14. The molecular weight excluding hydrogens is 780 g/mol. The molecule has 2 aliphatic heterocycles. The van der Waals surface area contributed by atoms with E-state index < -0.39 is 0 Å².